The summed E-state index contributed by atoms with van der Waals surface area (Å²) < 4.78 is 0. The highest BCUT2D eigenvalue weighted by Crippen LogP contribution is 2.22. The average molecular weight is 279 g/mol. The lowest BCUT2D eigenvalue weighted by atomic mass is 10.1. The highest BCUT2D eigenvalue weighted by Gasteiger charge is 2.08. The number of hydrogen-bond donors (Lipinski definition) is 3. The molecule has 0 saturated carbocycles. The highest BCUT2D eigenvalue weighted by molar-refractivity contribution is 5.96. The van der Waals surface area contributed by atoms with Gasteiger partial charge in [-0.2, -0.15) is 0 Å². The molecule has 0 unspecified atom stereocenters. The van der Waals surface area contributed by atoms with Crippen molar-refractivity contribution in [2.75, 3.05) is 37.9 Å². The number of benzene rings is 1. The van der Waals surface area contributed by atoms with Gasteiger partial charge in [-0.05, 0) is 31.0 Å². The lowest BCUT2D eigenvalue weighted by Gasteiger charge is -2.15. The SMILES string of the molecule is CN(C)c1ccc(C(=O)NCCCCCCO)cc1N. The van der Waals surface area contributed by atoms with Gasteiger partial charge in [0.25, 0.3) is 5.91 Å². The van der Waals surface area contributed by atoms with Crippen LogP contribution in [0.4, 0.5) is 11.4 Å². The van der Waals surface area contributed by atoms with Gasteiger partial charge in [0.05, 0.1) is 11.4 Å². The number of unbranched alkanes of at least 4 members (excludes halogenated alkanes) is 3. The van der Waals surface area contributed by atoms with Crippen LogP contribution in [-0.2, 0) is 0 Å². The Labute approximate surface area is 120 Å². The van der Waals surface area contributed by atoms with Gasteiger partial charge in [0.15, 0.2) is 0 Å². The zero-order valence-corrected chi connectivity index (χ0v) is 12.4. The van der Waals surface area contributed by atoms with Crippen LogP contribution in [-0.4, -0.2) is 38.3 Å². The van der Waals surface area contributed by atoms with Gasteiger partial charge in [-0.25, -0.2) is 0 Å². The minimum Gasteiger partial charge on any atom is -0.397 e. The lowest BCUT2D eigenvalue weighted by molar-refractivity contribution is 0.0953. The Morgan fingerprint density at radius 3 is 2.55 bits per heavy atom. The minimum absolute atomic E-state index is 0.0934. The normalized spacial score (nSPS) is 10.3. The molecule has 0 aliphatic heterocycles. The maximum Gasteiger partial charge on any atom is 0.251 e. The van der Waals surface area contributed by atoms with E-state index in [4.69, 9.17) is 10.8 Å². The summed E-state index contributed by atoms with van der Waals surface area (Å²) in [7, 11) is 3.83. The van der Waals surface area contributed by atoms with Gasteiger partial charge in [0.2, 0.25) is 0 Å². The first-order chi connectivity index (χ1) is 9.56. The summed E-state index contributed by atoms with van der Waals surface area (Å²) in [6, 6.07) is 5.34. The maximum atomic E-state index is 11.9. The molecule has 1 aromatic rings. The molecule has 4 N–H and O–H groups in total. The summed E-state index contributed by atoms with van der Waals surface area (Å²) in [5.41, 5.74) is 8.02. The van der Waals surface area contributed by atoms with E-state index >= 15 is 0 Å². The van der Waals surface area contributed by atoms with Crippen molar-refractivity contribution in [1.82, 2.24) is 5.32 Å². The Hall–Kier alpha value is -1.75. The smallest absolute Gasteiger partial charge is 0.251 e. The monoisotopic (exact) mass is 279 g/mol. The lowest BCUT2D eigenvalue weighted by Crippen LogP contribution is -2.24. The van der Waals surface area contributed by atoms with Crippen LogP contribution in [0.5, 0.6) is 0 Å². The molecule has 1 rings (SSSR count). The largest absolute Gasteiger partial charge is 0.397 e. The molecule has 1 amide bonds. The van der Waals surface area contributed by atoms with Crippen LogP contribution in [0.2, 0.25) is 0 Å². The minimum atomic E-state index is -0.0934. The third kappa shape index (κ3) is 5.09. The number of amides is 1. The molecule has 0 fully saturated rings. The van der Waals surface area contributed by atoms with E-state index in [9.17, 15) is 4.79 Å². The fourth-order valence-corrected chi connectivity index (χ4v) is 2.00. The number of anilines is 2. The van der Waals surface area contributed by atoms with Crippen LogP contribution in [0.25, 0.3) is 0 Å². The summed E-state index contributed by atoms with van der Waals surface area (Å²) in [4.78, 5) is 13.9. The number of nitrogens with one attached hydrogen (secondary N) is 1. The van der Waals surface area contributed by atoms with Crippen LogP contribution in [0.3, 0.4) is 0 Å². The van der Waals surface area contributed by atoms with Crippen molar-refractivity contribution in [1.29, 1.82) is 0 Å². The summed E-state index contributed by atoms with van der Waals surface area (Å²) in [5, 5.41) is 11.5. The number of carbonyl (C=O) groups excluding carboxylic acids is 1. The molecular weight excluding hydrogens is 254 g/mol. The number of hydrogen-bond acceptors (Lipinski definition) is 4. The molecule has 0 radical (unpaired) electrons. The second kappa shape index (κ2) is 8.43. The number of rotatable bonds is 8. The van der Waals surface area contributed by atoms with E-state index < -0.39 is 0 Å². The molecule has 0 aliphatic rings. The first-order valence-corrected chi connectivity index (χ1v) is 7.02. The van der Waals surface area contributed by atoms with Gasteiger partial charge in [0, 0.05) is 32.8 Å². The number of nitrogens with zero attached hydrogens (tertiary/aromatic N) is 1. The van der Waals surface area contributed by atoms with Crippen molar-refractivity contribution in [2.24, 2.45) is 0 Å². The molecule has 0 bridgehead atoms. The summed E-state index contributed by atoms with van der Waals surface area (Å²) in [6.07, 6.45) is 3.77. The van der Waals surface area contributed by atoms with Crippen LogP contribution in [0.1, 0.15) is 36.0 Å². The van der Waals surface area contributed by atoms with Gasteiger partial charge in [-0.15, -0.1) is 0 Å². The quantitative estimate of drug-likeness (QED) is 0.499. The molecule has 1 aromatic carbocycles. The number of aliphatic hydroxyl groups is 1. The predicted molar refractivity (Wildman–Crippen MR) is 83.1 cm³/mol. The number of nitrogens with two attached hydrogens (primary N) is 1. The highest BCUT2D eigenvalue weighted by atomic mass is 16.2. The molecule has 20 heavy (non-hydrogen) atoms. The van der Waals surface area contributed by atoms with Crippen molar-refractivity contribution in [3.63, 3.8) is 0 Å². The number of carbonyl (C=O) groups is 1. The summed E-state index contributed by atoms with van der Waals surface area (Å²) >= 11 is 0. The first kappa shape index (κ1) is 16.3. The topological polar surface area (TPSA) is 78.6 Å². The third-order valence-electron chi connectivity index (χ3n) is 3.14. The van der Waals surface area contributed by atoms with Gasteiger partial charge in [-0.3, -0.25) is 4.79 Å². The molecule has 0 spiro atoms. The fraction of sp³-hybridized carbons (Fsp3) is 0.533. The summed E-state index contributed by atoms with van der Waals surface area (Å²) in [5.74, 6) is -0.0934. The molecule has 0 aromatic heterocycles. The third-order valence-corrected chi connectivity index (χ3v) is 3.14. The van der Waals surface area contributed by atoms with Crippen LogP contribution < -0.4 is 16.0 Å². The van der Waals surface area contributed by atoms with E-state index in [-0.39, 0.29) is 12.5 Å². The Bertz CT molecular complexity index is 433. The van der Waals surface area contributed by atoms with E-state index in [0.717, 1.165) is 31.4 Å². The van der Waals surface area contributed by atoms with E-state index in [1.807, 2.05) is 25.1 Å². The van der Waals surface area contributed by atoms with E-state index in [0.29, 0.717) is 17.8 Å². The van der Waals surface area contributed by atoms with E-state index in [2.05, 4.69) is 5.32 Å². The van der Waals surface area contributed by atoms with Crippen LogP contribution in [0.15, 0.2) is 18.2 Å². The molecular formula is C15H25N3O2. The zero-order valence-electron chi connectivity index (χ0n) is 12.4. The second-order valence-corrected chi connectivity index (χ2v) is 5.06. The van der Waals surface area contributed by atoms with Gasteiger partial charge >= 0.3 is 0 Å². The predicted octanol–water partition coefficient (Wildman–Crippen LogP) is 1.62. The molecule has 0 atom stereocenters. The van der Waals surface area contributed by atoms with E-state index in [1.54, 1.807) is 12.1 Å². The Morgan fingerprint density at radius 2 is 1.95 bits per heavy atom. The van der Waals surface area contributed by atoms with Crippen LogP contribution in [0, 0.1) is 0 Å². The Morgan fingerprint density at radius 1 is 1.25 bits per heavy atom. The summed E-state index contributed by atoms with van der Waals surface area (Å²) in [6.45, 7) is 0.892. The standard InChI is InChI=1S/C15H25N3O2/c1-18(2)14-8-7-12(11-13(14)16)15(20)17-9-5-3-4-6-10-19/h7-8,11,19H,3-6,9-10,16H2,1-2H3,(H,17,20). The Kier molecular flexibility index (Phi) is 6.87. The zero-order chi connectivity index (χ0) is 15.0. The van der Waals surface area contributed by atoms with Gasteiger partial charge in [-0.1, -0.05) is 12.8 Å². The van der Waals surface area contributed by atoms with Gasteiger partial charge in [0.1, 0.15) is 0 Å². The van der Waals surface area contributed by atoms with Crippen molar-refractivity contribution < 1.29 is 9.90 Å². The van der Waals surface area contributed by atoms with Crippen molar-refractivity contribution in [2.45, 2.75) is 25.7 Å². The maximum absolute atomic E-state index is 11.9. The second-order valence-electron chi connectivity index (χ2n) is 5.06. The average Bonchev–Trinajstić information content (AvgIpc) is 2.41. The molecule has 112 valence electrons. The van der Waals surface area contributed by atoms with Crippen LogP contribution >= 0.6 is 0 Å². The van der Waals surface area contributed by atoms with Crippen molar-refractivity contribution in [3.05, 3.63) is 23.8 Å². The van der Waals surface area contributed by atoms with E-state index in [1.165, 1.54) is 0 Å². The number of nitrogen functional groups attached to an aromatic ring is 1. The molecule has 5 heteroatoms. The fourth-order valence-electron chi connectivity index (χ4n) is 2.00. The molecule has 0 saturated heterocycles. The molecule has 0 heterocycles. The Balaban J connectivity index is 2.42. The molecule has 5 nitrogen and oxygen atoms in total. The first-order valence-electron chi connectivity index (χ1n) is 7.02. The number of aliphatic hydroxyl groups excluding tert-OH is 1. The van der Waals surface area contributed by atoms with Gasteiger partial charge < -0.3 is 21.1 Å². The van der Waals surface area contributed by atoms with Crippen molar-refractivity contribution in [3.8, 4) is 0 Å². The molecule has 0 aliphatic carbocycles. The van der Waals surface area contributed by atoms with Crippen molar-refractivity contribution >= 4 is 17.3 Å².